The Bertz CT molecular complexity index is 1090. The van der Waals surface area contributed by atoms with Crippen LogP contribution in [0, 0.1) is 5.92 Å². The second-order valence-corrected chi connectivity index (χ2v) is 8.94. The first-order valence-corrected chi connectivity index (χ1v) is 11.3. The van der Waals surface area contributed by atoms with Crippen LogP contribution in [0.1, 0.15) is 40.5 Å². The van der Waals surface area contributed by atoms with E-state index < -0.39 is 0 Å². The lowest BCUT2D eigenvalue weighted by Gasteiger charge is -2.33. The van der Waals surface area contributed by atoms with Gasteiger partial charge in [-0.05, 0) is 65.8 Å². The molecule has 0 unspecified atom stereocenters. The van der Waals surface area contributed by atoms with Crippen LogP contribution >= 0.6 is 0 Å². The molecular formula is C24H31N7O. The molecule has 0 radical (unpaired) electrons. The SMILES string of the molecule is CC(C)Nc1cncc(-c2ccc3cnc(NC(=O)C4CCN(C(C)C)CC4)cc3n2)n1. The van der Waals surface area contributed by atoms with E-state index in [1.807, 2.05) is 18.2 Å². The Kier molecular flexibility index (Phi) is 6.60. The second-order valence-electron chi connectivity index (χ2n) is 8.94. The van der Waals surface area contributed by atoms with Crippen molar-refractivity contribution in [2.24, 2.45) is 5.92 Å². The molecule has 1 saturated heterocycles. The third kappa shape index (κ3) is 5.19. The van der Waals surface area contributed by atoms with E-state index in [1.54, 1.807) is 18.6 Å². The van der Waals surface area contributed by atoms with E-state index in [9.17, 15) is 4.79 Å². The number of nitrogens with one attached hydrogen (secondary N) is 2. The molecule has 3 aromatic heterocycles. The Morgan fingerprint density at radius 1 is 1.00 bits per heavy atom. The normalized spacial score (nSPS) is 15.4. The predicted octanol–water partition coefficient (Wildman–Crippen LogP) is 3.97. The average molecular weight is 434 g/mol. The maximum atomic E-state index is 12.8. The van der Waals surface area contributed by atoms with Crippen LogP contribution in [-0.4, -0.2) is 55.9 Å². The molecule has 1 fully saturated rings. The van der Waals surface area contributed by atoms with Gasteiger partial charge in [-0.2, -0.15) is 0 Å². The van der Waals surface area contributed by atoms with Gasteiger partial charge in [0.1, 0.15) is 17.3 Å². The molecule has 1 aliphatic rings. The Morgan fingerprint density at radius 2 is 1.78 bits per heavy atom. The van der Waals surface area contributed by atoms with Gasteiger partial charge in [0.2, 0.25) is 5.91 Å². The molecule has 8 heteroatoms. The van der Waals surface area contributed by atoms with Crippen LogP contribution in [0.25, 0.3) is 22.3 Å². The fraction of sp³-hybridized carbons (Fsp3) is 0.458. The smallest absolute Gasteiger partial charge is 0.228 e. The molecule has 0 atom stereocenters. The summed E-state index contributed by atoms with van der Waals surface area (Å²) in [6.07, 6.45) is 6.89. The number of aromatic nitrogens is 4. The highest BCUT2D eigenvalue weighted by Gasteiger charge is 2.26. The van der Waals surface area contributed by atoms with E-state index in [1.165, 1.54) is 0 Å². The zero-order valence-electron chi connectivity index (χ0n) is 19.2. The number of carbonyl (C=O) groups excluding carboxylic acids is 1. The zero-order valence-corrected chi connectivity index (χ0v) is 19.2. The van der Waals surface area contributed by atoms with Crippen molar-refractivity contribution >= 4 is 28.4 Å². The molecule has 1 amide bonds. The number of carbonyl (C=O) groups is 1. The Balaban J connectivity index is 1.50. The summed E-state index contributed by atoms with van der Waals surface area (Å²) in [6.45, 7) is 10.4. The van der Waals surface area contributed by atoms with Crippen molar-refractivity contribution in [2.45, 2.75) is 52.6 Å². The number of hydrogen-bond acceptors (Lipinski definition) is 7. The van der Waals surface area contributed by atoms with Crippen molar-refractivity contribution in [3.05, 3.63) is 36.8 Å². The van der Waals surface area contributed by atoms with Crippen molar-refractivity contribution in [1.29, 1.82) is 0 Å². The monoisotopic (exact) mass is 433 g/mol. The third-order valence-electron chi connectivity index (χ3n) is 5.79. The van der Waals surface area contributed by atoms with Crippen LogP contribution < -0.4 is 10.6 Å². The Labute approximate surface area is 188 Å². The lowest BCUT2D eigenvalue weighted by molar-refractivity contribution is -0.121. The van der Waals surface area contributed by atoms with Crippen molar-refractivity contribution < 1.29 is 4.79 Å². The lowest BCUT2D eigenvalue weighted by atomic mass is 9.95. The molecule has 0 spiro atoms. The van der Waals surface area contributed by atoms with Gasteiger partial charge in [0, 0.05) is 35.7 Å². The quantitative estimate of drug-likeness (QED) is 0.607. The number of fused-ring (bicyclic) bond motifs is 1. The summed E-state index contributed by atoms with van der Waals surface area (Å²) in [5, 5.41) is 7.16. The van der Waals surface area contributed by atoms with Gasteiger partial charge in [-0.15, -0.1) is 0 Å². The highest BCUT2D eigenvalue weighted by Crippen LogP contribution is 2.23. The number of piperidine rings is 1. The number of nitrogens with zero attached hydrogens (tertiary/aromatic N) is 5. The molecule has 168 valence electrons. The van der Waals surface area contributed by atoms with Gasteiger partial charge in [0.05, 0.1) is 23.6 Å². The molecule has 0 bridgehead atoms. The molecule has 4 heterocycles. The lowest BCUT2D eigenvalue weighted by Crippen LogP contribution is -2.41. The van der Waals surface area contributed by atoms with E-state index in [-0.39, 0.29) is 17.9 Å². The summed E-state index contributed by atoms with van der Waals surface area (Å²) in [5.41, 5.74) is 2.17. The van der Waals surface area contributed by atoms with Crippen LogP contribution in [0.3, 0.4) is 0 Å². The van der Waals surface area contributed by atoms with Gasteiger partial charge >= 0.3 is 0 Å². The van der Waals surface area contributed by atoms with Crippen LogP contribution in [0.15, 0.2) is 36.8 Å². The van der Waals surface area contributed by atoms with E-state index in [0.29, 0.717) is 23.4 Å². The Hall–Kier alpha value is -3.13. The second kappa shape index (κ2) is 9.56. The largest absolute Gasteiger partial charge is 0.367 e. The summed E-state index contributed by atoms with van der Waals surface area (Å²) in [5.74, 6) is 1.30. The molecule has 1 aliphatic heterocycles. The maximum Gasteiger partial charge on any atom is 0.228 e. The highest BCUT2D eigenvalue weighted by atomic mass is 16.1. The summed E-state index contributed by atoms with van der Waals surface area (Å²) in [4.78, 5) is 33.3. The molecule has 8 nitrogen and oxygen atoms in total. The maximum absolute atomic E-state index is 12.8. The Morgan fingerprint density at radius 3 is 2.50 bits per heavy atom. The van der Waals surface area contributed by atoms with E-state index in [4.69, 9.17) is 4.98 Å². The summed E-state index contributed by atoms with van der Waals surface area (Å²) >= 11 is 0. The number of pyridine rings is 2. The number of amides is 1. The molecule has 0 aliphatic carbocycles. The highest BCUT2D eigenvalue weighted by molar-refractivity contribution is 5.93. The predicted molar refractivity (Wildman–Crippen MR) is 127 cm³/mol. The summed E-state index contributed by atoms with van der Waals surface area (Å²) in [6, 6.07) is 6.48. The minimum Gasteiger partial charge on any atom is -0.367 e. The van der Waals surface area contributed by atoms with Crippen LogP contribution in [0.2, 0.25) is 0 Å². The minimum atomic E-state index is 0.0215. The summed E-state index contributed by atoms with van der Waals surface area (Å²) < 4.78 is 0. The van der Waals surface area contributed by atoms with Crippen LogP contribution in [0.5, 0.6) is 0 Å². The van der Waals surface area contributed by atoms with Crippen molar-refractivity contribution in [3.63, 3.8) is 0 Å². The molecule has 0 aromatic carbocycles. The molecule has 32 heavy (non-hydrogen) atoms. The van der Waals surface area contributed by atoms with Gasteiger partial charge in [0.15, 0.2) is 0 Å². The topological polar surface area (TPSA) is 95.9 Å². The number of rotatable bonds is 6. The van der Waals surface area contributed by atoms with Gasteiger partial charge in [0.25, 0.3) is 0 Å². The first-order chi connectivity index (χ1) is 15.4. The van der Waals surface area contributed by atoms with Gasteiger partial charge in [-0.25, -0.2) is 15.0 Å². The molecule has 3 aromatic rings. The first kappa shape index (κ1) is 22.1. The molecule has 2 N–H and O–H groups in total. The third-order valence-corrected chi connectivity index (χ3v) is 5.79. The minimum absolute atomic E-state index is 0.0215. The van der Waals surface area contributed by atoms with Crippen LogP contribution in [0.4, 0.5) is 11.6 Å². The van der Waals surface area contributed by atoms with Crippen molar-refractivity contribution in [2.75, 3.05) is 23.7 Å². The zero-order chi connectivity index (χ0) is 22.7. The van der Waals surface area contributed by atoms with Crippen molar-refractivity contribution in [3.8, 4) is 11.4 Å². The van der Waals surface area contributed by atoms with Gasteiger partial charge < -0.3 is 15.5 Å². The number of anilines is 2. The summed E-state index contributed by atoms with van der Waals surface area (Å²) in [7, 11) is 0. The van der Waals surface area contributed by atoms with Gasteiger partial charge in [-0.1, -0.05) is 0 Å². The fourth-order valence-corrected chi connectivity index (χ4v) is 3.99. The molecule has 4 rings (SSSR count). The van der Waals surface area contributed by atoms with Gasteiger partial charge in [-0.3, -0.25) is 9.78 Å². The molecular weight excluding hydrogens is 402 g/mol. The standard InChI is InChI=1S/C24H31N7O/c1-15(2)27-23-14-25-13-21(29-23)19-6-5-18-12-26-22(11-20(18)28-19)30-24(32)17-7-9-31(10-8-17)16(3)4/h5-6,11-17H,7-10H2,1-4H3,(H,27,29)(H,26,30,32). The number of likely N-dealkylation sites (tertiary alicyclic amines) is 1. The van der Waals surface area contributed by atoms with Crippen molar-refractivity contribution in [1.82, 2.24) is 24.8 Å². The average Bonchev–Trinajstić information content (AvgIpc) is 2.78. The first-order valence-electron chi connectivity index (χ1n) is 11.3. The molecule has 0 saturated carbocycles. The van der Waals surface area contributed by atoms with E-state index in [2.05, 4.69) is 58.2 Å². The fourth-order valence-electron chi connectivity index (χ4n) is 3.99. The van der Waals surface area contributed by atoms with Crippen LogP contribution in [-0.2, 0) is 4.79 Å². The number of hydrogen-bond donors (Lipinski definition) is 2. The van der Waals surface area contributed by atoms with E-state index >= 15 is 0 Å². The van der Waals surface area contributed by atoms with E-state index in [0.717, 1.165) is 42.5 Å².